The third-order valence-electron chi connectivity index (χ3n) is 4.95. The summed E-state index contributed by atoms with van der Waals surface area (Å²) in [7, 11) is 4.73. The lowest BCUT2D eigenvalue weighted by Gasteiger charge is -2.19. The van der Waals surface area contributed by atoms with Crippen LogP contribution < -0.4 is 19.5 Å². The Kier molecular flexibility index (Phi) is 5.95. The van der Waals surface area contributed by atoms with Gasteiger partial charge in [-0.1, -0.05) is 28.1 Å². The zero-order valence-electron chi connectivity index (χ0n) is 15.9. The van der Waals surface area contributed by atoms with Crippen LogP contribution in [0.3, 0.4) is 0 Å². The van der Waals surface area contributed by atoms with Crippen LogP contribution in [0.4, 0.5) is 0 Å². The number of hydrogen-bond acceptors (Lipinski definition) is 4. The Morgan fingerprint density at radius 1 is 1.11 bits per heavy atom. The fourth-order valence-electron chi connectivity index (χ4n) is 3.35. The molecule has 5 nitrogen and oxygen atoms in total. The van der Waals surface area contributed by atoms with Gasteiger partial charge in [-0.2, -0.15) is 0 Å². The second-order valence-corrected chi connectivity index (χ2v) is 7.61. The Labute approximate surface area is 168 Å². The van der Waals surface area contributed by atoms with Gasteiger partial charge in [-0.3, -0.25) is 4.79 Å². The van der Waals surface area contributed by atoms with Crippen LogP contribution >= 0.6 is 15.9 Å². The van der Waals surface area contributed by atoms with Crippen molar-refractivity contribution in [2.45, 2.75) is 25.3 Å². The molecule has 3 atom stereocenters. The van der Waals surface area contributed by atoms with Gasteiger partial charge in [0.1, 0.15) is 0 Å². The maximum atomic E-state index is 12.7. The average molecular weight is 434 g/mol. The topological polar surface area (TPSA) is 56.8 Å². The van der Waals surface area contributed by atoms with Gasteiger partial charge in [0.2, 0.25) is 11.7 Å². The maximum absolute atomic E-state index is 12.7. The summed E-state index contributed by atoms with van der Waals surface area (Å²) in [6.45, 7) is 1.95. The number of benzene rings is 2. The van der Waals surface area contributed by atoms with E-state index in [1.165, 1.54) is 5.56 Å². The highest BCUT2D eigenvalue weighted by Gasteiger charge is 2.44. The molecule has 0 radical (unpaired) electrons. The molecule has 0 spiro atoms. The molecule has 1 aliphatic carbocycles. The predicted octanol–water partition coefficient (Wildman–Crippen LogP) is 4.46. The number of amides is 1. The lowest BCUT2D eigenvalue weighted by Crippen LogP contribution is -2.28. The molecule has 0 aromatic heterocycles. The van der Waals surface area contributed by atoms with E-state index in [0.717, 1.165) is 16.5 Å². The molecule has 6 heteroatoms. The fourth-order valence-corrected chi connectivity index (χ4v) is 3.76. The molecular formula is C21H24BrNO4. The first-order valence-corrected chi connectivity index (χ1v) is 9.63. The van der Waals surface area contributed by atoms with Crippen molar-refractivity contribution in [2.24, 2.45) is 5.92 Å². The molecule has 27 heavy (non-hydrogen) atoms. The van der Waals surface area contributed by atoms with Crippen molar-refractivity contribution >= 4 is 21.8 Å². The third kappa shape index (κ3) is 4.21. The van der Waals surface area contributed by atoms with E-state index in [2.05, 4.69) is 33.4 Å². The molecule has 3 unspecified atom stereocenters. The summed E-state index contributed by atoms with van der Waals surface area (Å²) >= 11 is 3.49. The molecular weight excluding hydrogens is 410 g/mol. The molecule has 0 bridgehead atoms. The Morgan fingerprint density at radius 2 is 1.78 bits per heavy atom. The van der Waals surface area contributed by atoms with Crippen molar-refractivity contribution in [3.8, 4) is 17.2 Å². The van der Waals surface area contributed by atoms with Gasteiger partial charge < -0.3 is 19.5 Å². The fraction of sp³-hybridized carbons (Fsp3) is 0.381. The van der Waals surface area contributed by atoms with Crippen molar-refractivity contribution < 1.29 is 19.0 Å². The molecule has 1 fully saturated rings. The number of rotatable bonds is 7. The molecule has 1 N–H and O–H groups in total. The quantitative estimate of drug-likeness (QED) is 0.700. The lowest BCUT2D eigenvalue weighted by atomic mass is 10.1. The van der Waals surface area contributed by atoms with Gasteiger partial charge in [0.05, 0.1) is 27.4 Å². The molecule has 144 valence electrons. The predicted molar refractivity (Wildman–Crippen MR) is 108 cm³/mol. The first-order valence-electron chi connectivity index (χ1n) is 8.84. The second-order valence-electron chi connectivity index (χ2n) is 6.69. The summed E-state index contributed by atoms with van der Waals surface area (Å²) in [6.07, 6.45) is 0.879. The van der Waals surface area contributed by atoms with E-state index in [4.69, 9.17) is 14.2 Å². The van der Waals surface area contributed by atoms with Gasteiger partial charge in [0.15, 0.2) is 11.5 Å². The summed E-state index contributed by atoms with van der Waals surface area (Å²) in [5.74, 6) is 2.07. The van der Waals surface area contributed by atoms with E-state index < -0.39 is 0 Å². The Balaban J connectivity index is 1.70. The van der Waals surface area contributed by atoms with E-state index in [0.29, 0.717) is 17.2 Å². The minimum atomic E-state index is -0.171. The Morgan fingerprint density at radius 3 is 2.33 bits per heavy atom. The highest BCUT2D eigenvalue weighted by Crippen LogP contribution is 2.48. The summed E-state index contributed by atoms with van der Waals surface area (Å²) < 4.78 is 17.2. The maximum Gasteiger partial charge on any atom is 0.224 e. The molecule has 2 aromatic rings. The first-order chi connectivity index (χ1) is 13.0. The number of hydrogen-bond donors (Lipinski definition) is 1. The largest absolute Gasteiger partial charge is 0.493 e. The first kappa shape index (κ1) is 19.5. The van der Waals surface area contributed by atoms with E-state index in [1.807, 2.05) is 31.2 Å². The number of methoxy groups -OCH3 is 3. The van der Waals surface area contributed by atoms with Crippen molar-refractivity contribution in [3.05, 3.63) is 52.0 Å². The SMILES string of the molecule is COc1cc(C(C)NC(=O)C2CC2c2cccc(Br)c2)cc(OC)c1OC. The summed E-state index contributed by atoms with van der Waals surface area (Å²) in [6, 6.07) is 11.7. The number of carbonyl (C=O) groups excluding carboxylic acids is 1. The van der Waals surface area contributed by atoms with Crippen LogP contribution in [0.5, 0.6) is 17.2 Å². The summed E-state index contributed by atoms with van der Waals surface area (Å²) in [5, 5.41) is 3.11. The smallest absolute Gasteiger partial charge is 0.224 e. The lowest BCUT2D eigenvalue weighted by molar-refractivity contribution is -0.123. The van der Waals surface area contributed by atoms with Gasteiger partial charge in [0, 0.05) is 10.4 Å². The van der Waals surface area contributed by atoms with E-state index >= 15 is 0 Å². The molecule has 1 amide bonds. The zero-order valence-corrected chi connectivity index (χ0v) is 17.5. The number of carbonyl (C=O) groups is 1. The number of nitrogens with one attached hydrogen (secondary N) is 1. The summed E-state index contributed by atoms with van der Waals surface area (Å²) in [5.41, 5.74) is 2.10. The molecule has 1 saturated carbocycles. The minimum absolute atomic E-state index is 0.0174. The van der Waals surface area contributed by atoms with E-state index in [-0.39, 0.29) is 23.8 Å². The Bertz CT molecular complexity index is 814. The van der Waals surface area contributed by atoms with E-state index in [1.54, 1.807) is 21.3 Å². The van der Waals surface area contributed by atoms with Crippen LogP contribution in [-0.2, 0) is 4.79 Å². The van der Waals surface area contributed by atoms with Crippen molar-refractivity contribution in [2.75, 3.05) is 21.3 Å². The summed E-state index contributed by atoms with van der Waals surface area (Å²) in [4.78, 5) is 12.7. The van der Waals surface area contributed by atoms with Gasteiger partial charge in [-0.15, -0.1) is 0 Å². The molecule has 0 saturated heterocycles. The normalized spacial score (nSPS) is 19.1. The molecule has 3 rings (SSSR count). The van der Waals surface area contributed by atoms with Crippen LogP contribution in [0.15, 0.2) is 40.9 Å². The van der Waals surface area contributed by atoms with Crippen molar-refractivity contribution in [3.63, 3.8) is 0 Å². The monoisotopic (exact) mass is 433 g/mol. The highest BCUT2D eigenvalue weighted by atomic mass is 79.9. The number of ether oxygens (including phenoxy) is 3. The van der Waals surface area contributed by atoms with Crippen LogP contribution in [0.25, 0.3) is 0 Å². The van der Waals surface area contributed by atoms with Gasteiger partial charge >= 0.3 is 0 Å². The van der Waals surface area contributed by atoms with Crippen LogP contribution in [0, 0.1) is 5.92 Å². The van der Waals surface area contributed by atoms with Crippen molar-refractivity contribution in [1.82, 2.24) is 5.32 Å². The molecule has 1 aliphatic rings. The van der Waals surface area contributed by atoms with Gasteiger partial charge in [-0.05, 0) is 54.7 Å². The standard InChI is InChI=1S/C21H24BrNO4/c1-12(14-9-18(25-2)20(27-4)19(10-14)26-3)23-21(24)17-11-16(17)13-6-5-7-15(22)8-13/h5-10,12,16-17H,11H2,1-4H3,(H,23,24). The molecule has 2 aromatic carbocycles. The van der Waals surface area contributed by atoms with Crippen LogP contribution in [-0.4, -0.2) is 27.2 Å². The van der Waals surface area contributed by atoms with E-state index in [9.17, 15) is 4.79 Å². The third-order valence-corrected chi connectivity index (χ3v) is 5.44. The average Bonchev–Trinajstić information content (AvgIpc) is 3.47. The molecule has 0 heterocycles. The van der Waals surface area contributed by atoms with Crippen LogP contribution in [0.1, 0.15) is 36.4 Å². The Hall–Kier alpha value is -2.21. The molecule has 0 aliphatic heterocycles. The second kappa shape index (κ2) is 8.21. The van der Waals surface area contributed by atoms with Crippen LogP contribution in [0.2, 0.25) is 0 Å². The van der Waals surface area contributed by atoms with Gasteiger partial charge in [0.25, 0.3) is 0 Å². The zero-order chi connectivity index (χ0) is 19.6. The highest BCUT2D eigenvalue weighted by molar-refractivity contribution is 9.10. The number of halogens is 1. The van der Waals surface area contributed by atoms with Crippen molar-refractivity contribution in [1.29, 1.82) is 0 Å². The van der Waals surface area contributed by atoms with Gasteiger partial charge in [-0.25, -0.2) is 0 Å². The minimum Gasteiger partial charge on any atom is -0.493 e.